The van der Waals surface area contributed by atoms with Crippen LogP contribution in [0.4, 0.5) is 10.1 Å². The van der Waals surface area contributed by atoms with Gasteiger partial charge in [0.25, 0.3) is 0 Å². The van der Waals surface area contributed by atoms with Crippen LogP contribution in [-0.2, 0) is 11.2 Å². The van der Waals surface area contributed by atoms with Crippen LogP contribution in [0.5, 0.6) is 5.75 Å². The second-order valence-corrected chi connectivity index (χ2v) is 8.43. The van der Waals surface area contributed by atoms with Gasteiger partial charge in [-0.05, 0) is 56.1 Å². The molecule has 3 aromatic rings. The monoisotopic (exact) mass is 435 g/mol. The van der Waals surface area contributed by atoms with Gasteiger partial charge in [0.2, 0.25) is 5.91 Å². The van der Waals surface area contributed by atoms with E-state index in [-0.39, 0.29) is 11.7 Å². The van der Waals surface area contributed by atoms with Gasteiger partial charge >= 0.3 is 0 Å². The van der Waals surface area contributed by atoms with Crippen LogP contribution < -0.4 is 10.1 Å². The summed E-state index contributed by atoms with van der Waals surface area (Å²) in [4.78, 5) is 14.0. The van der Waals surface area contributed by atoms with Crippen LogP contribution >= 0.6 is 0 Å². The Morgan fingerprint density at radius 1 is 1.16 bits per heavy atom. The molecular weight excluding hydrogens is 409 g/mol. The third-order valence-electron chi connectivity index (χ3n) is 6.29. The highest BCUT2D eigenvalue weighted by molar-refractivity contribution is 5.94. The fourth-order valence-corrected chi connectivity index (χ4v) is 4.49. The molecule has 166 valence electrons. The van der Waals surface area contributed by atoms with Gasteiger partial charge in [0.15, 0.2) is 5.58 Å². The molecule has 2 aliphatic rings. The Bertz CT molecular complexity index is 1150. The van der Waals surface area contributed by atoms with E-state index in [1.807, 2.05) is 24.3 Å². The number of nitrogens with one attached hydrogen (secondary N) is 1. The number of piperidine rings is 1. The number of likely N-dealkylation sites (tertiary alicyclic amines) is 1. The van der Waals surface area contributed by atoms with Gasteiger partial charge < -0.3 is 14.6 Å². The summed E-state index contributed by atoms with van der Waals surface area (Å²) in [6.07, 6.45) is 7.50. The highest BCUT2D eigenvalue weighted by Crippen LogP contribution is 2.32. The largest absolute Gasteiger partial charge is 0.489 e. The lowest BCUT2D eigenvalue weighted by molar-refractivity contribution is -0.116. The van der Waals surface area contributed by atoms with Gasteiger partial charge in [-0.1, -0.05) is 23.4 Å². The fourth-order valence-electron chi connectivity index (χ4n) is 4.49. The number of rotatable bonds is 6. The maximum atomic E-state index is 13.4. The maximum absolute atomic E-state index is 13.4. The molecule has 6 nitrogen and oxygen atoms in total. The first kappa shape index (κ1) is 20.7. The Hall–Kier alpha value is -3.19. The molecule has 1 aromatic heterocycles. The van der Waals surface area contributed by atoms with E-state index in [1.165, 1.54) is 12.1 Å². The molecule has 32 heavy (non-hydrogen) atoms. The molecule has 1 saturated heterocycles. The first-order chi connectivity index (χ1) is 15.7. The van der Waals surface area contributed by atoms with E-state index in [4.69, 9.17) is 9.26 Å². The number of aromatic nitrogens is 1. The molecular formula is C25H26FN3O3. The van der Waals surface area contributed by atoms with Crippen LogP contribution in [0.15, 0.2) is 53.1 Å². The number of fused-ring (bicyclic) bond motifs is 2. The molecule has 0 spiro atoms. The summed E-state index contributed by atoms with van der Waals surface area (Å²) in [6, 6.07) is 10.5. The molecule has 0 atom stereocenters. The molecule has 5 rings (SSSR count). The molecule has 2 aliphatic heterocycles. The maximum Gasteiger partial charge on any atom is 0.224 e. The van der Waals surface area contributed by atoms with Crippen LogP contribution in [0.3, 0.4) is 0 Å². The molecule has 7 heteroatoms. The van der Waals surface area contributed by atoms with Crippen molar-refractivity contribution in [1.82, 2.24) is 10.1 Å². The summed E-state index contributed by atoms with van der Waals surface area (Å²) in [5.74, 6) is 0.860. The molecule has 0 saturated carbocycles. The van der Waals surface area contributed by atoms with Gasteiger partial charge in [-0.15, -0.1) is 0 Å². The van der Waals surface area contributed by atoms with Crippen molar-refractivity contribution in [1.29, 1.82) is 0 Å². The lowest BCUT2D eigenvalue weighted by Crippen LogP contribution is -2.33. The Labute approximate surface area is 186 Å². The minimum atomic E-state index is -0.302. The number of hydrogen-bond acceptors (Lipinski definition) is 5. The SMILES string of the molecule is O=C1CCc2ccc(OC/C=C/CN3CCC(c4noc5cc(F)ccc45)CC3)cc2N1. The van der Waals surface area contributed by atoms with Crippen molar-refractivity contribution >= 4 is 22.6 Å². The van der Waals surface area contributed by atoms with E-state index in [9.17, 15) is 9.18 Å². The number of ether oxygens (including phenoxy) is 1. The molecule has 2 aromatic carbocycles. The van der Waals surface area contributed by atoms with Gasteiger partial charge in [0.1, 0.15) is 18.2 Å². The first-order valence-electron chi connectivity index (χ1n) is 11.1. The Kier molecular flexibility index (Phi) is 5.90. The van der Waals surface area contributed by atoms with E-state index < -0.39 is 0 Å². The predicted molar refractivity (Wildman–Crippen MR) is 120 cm³/mol. The van der Waals surface area contributed by atoms with E-state index in [0.717, 1.165) is 67.0 Å². The average Bonchev–Trinajstić information content (AvgIpc) is 3.22. The number of anilines is 1. The highest BCUT2D eigenvalue weighted by atomic mass is 19.1. The lowest BCUT2D eigenvalue weighted by atomic mass is 9.91. The number of carbonyl (C=O) groups excluding carboxylic acids is 1. The number of amides is 1. The first-order valence-corrected chi connectivity index (χ1v) is 11.1. The topological polar surface area (TPSA) is 67.6 Å². The standard InChI is InChI=1S/C25H26FN3O3/c26-19-5-7-21-23(15-19)32-28-25(21)18-9-12-29(13-10-18)11-1-2-14-31-20-6-3-17-4-8-24(30)27-22(17)16-20/h1-3,5-7,15-16,18H,4,8-14H2,(H,27,30)/b2-1+. The van der Waals surface area contributed by atoms with E-state index in [2.05, 4.69) is 21.4 Å². The van der Waals surface area contributed by atoms with Crippen LogP contribution in [0, 0.1) is 5.82 Å². The Morgan fingerprint density at radius 2 is 2.03 bits per heavy atom. The van der Waals surface area contributed by atoms with Crippen LogP contribution in [0.1, 0.15) is 36.4 Å². The fraction of sp³-hybridized carbons (Fsp3) is 0.360. The second kappa shape index (κ2) is 9.12. The van der Waals surface area contributed by atoms with Gasteiger partial charge in [-0.2, -0.15) is 0 Å². The summed E-state index contributed by atoms with van der Waals surface area (Å²) < 4.78 is 24.5. The van der Waals surface area contributed by atoms with Crippen molar-refractivity contribution in [3.63, 3.8) is 0 Å². The zero-order chi connectivity index (χ0) is 21.9. The van der Waals surface area contributed by atoms with Crippen molar-refractivity contribution in [2.45, 2.75) is 31.6 Å². The molecule has 0 bridgehead atoms. The molecule has 3 heterocycles. The number of benzene rings is 2. The number of hydrogen-bond donors (Lipinski definition) is 1. The van der Waals surface area contributed by atoms with E-state index in [0.29, 0.717) is 24.5 Å². The zero-order valence-corrected chi connectivity index (χ0v) is 17.9. The zero-order valence-electron chi connectivity index (χ0n) is 17.9. The average molecular weight is 435 g/mol. The second-order valence-electron chi connectivity index (χ2n) is 8.43. The van der Waals surface area contributed by atoms with Gasteiger partial charge in [0.05, 0.1) is 5.69 Å². The van der Waals surface area contributed by atoms with E-state index in [1.54, 1.807) is 6.07 Å². The molecule has 1 amide bonds. The lowest BCUT2D eigenvalue weighted by Gasteiger charge is -2.30. The Balaban J connectivity index is 1.08. The molecule has 1 N–H and O–H groups in total. The predicted octanol–water partition coefficient (Wildman–Crippen LogP) is 4.67. The van der Waals surface area contributed by atoms with Crippen molar-refractivity contribution in [2.75, 3.05) is 31.6 Å². The van der Waals surface area contributed by atoms with Crippen LogP contribution in [0.2, 0.25) is 0 Å². The molecule has 1 fully saturated rings. The molecule has 0 aliphatic carbocycles. The third-order valence-corrected chi connectivity index (χ3v) is 6.29. The minimum absolute atomic E-state index is 0.0592. The number of carbonyl (C=O) groups is 1. The molecule has 0 unspecified atom stereocenters. The Morgan fingerprint density at radius 3 is 2.91 bits per heavy atom. The summed E-state index contributed by atoms with van der Waals surface area (Å²) in [7, 11) is 0. The highest BCUT2D eigenvalue weighted by Gasteiger charge is 2.24. The summed E-state index contributed by atoms with van der Waals surface area (Å²) in [6.45, 7) is 3.33. The summed E-state index contributed by atoms with van der Waals surface area (Å²) in [5, 5.41) is 8.04. The quantitative estimate of drug-likeness (QED) is 0.570. The summed E-state index contributed by atoms with van der Waals surface area (Å²) >= 11 is 0. The van der Waals surface area contributed by atoms with E-state index >= 15 is 0 Å². The normalized spacial score (nSPS) is 17.6. The third kappa shape index (κ3) is 4.53. The molecule has 0 radical (unpaired) electrons. The van der Waals surface area contributed by atoms with Crippen molar-refractivity contribution in [3.8, 4) is 5.75 Å². The van der Waals surface area contributed by atoms with Crippen molar-refractivity contribution < 1.29 is 18.4 Å². The number of aryl methyl sites for hydroxylation is 1. The van der Waals surface area contributed by atoms with Crippen LogP contribution in [0.25, 0.3) is 11.0 Å². The van der Waals surface area contributed by atoms with Crippen molar-refractivity contribution in [2.24, 2.45) is 0 Å². The smallest absolute Gasteiger partial charge is 0.224 e. The number of nitrogens with zero attached hydrogens (tertiary/aromatic N) is 2. The summed E-state index contributed by atoms with van der Waals surface area (Å²) in [5.41, 5.74) is 3.48. The van der Waals surface area contributed by atoms with Gasteiger partial charge in [-0.3, -0.25) is 9.69 Å². The minimum Gasteiger partial charge on any atom is -0.489 e. The number of halogens is 1. The van der Waals surface area contributed by atoms with Gasteiger partial charge in [-0.25, -0.2) is 4.39 Å². The van der Waals surface area contributed by atoms with Gasteiger partial charge in [0, 0.05) is 42.1 Å². The van der Waals surface area contributed by atoms with Crippen LogP contribution in [-0.4, -0.2) is 42.2 Å². The van der Waals surface area contributed by atoms with Crippen molar-refractivity contribution in [3.05, 3.63) is 65.6 Å².